The number of fused-ring (bicyclic) bond motifs is 1. The van der Waals surface area contributed by atoms with Crippen LogP contribution in [-0.4, -0.2) is 15.5 Å². The van der Waals surface area contributed by atoms with Crippen LogP contribution < -0.4 is 10.9 Å². The highest BCUT2D eigenvalue weighted by Gasteiger charge is 2.14. The zero-order valence-electron chi connectivity index (χ0n) is 11.6. The molecule has 5 nitrogen and oxygen atoms in total. The molecule has 6 heteroatoms. The van der Waals surface area contributed by atoms with Crippen molar-refractivity contribution in [2.24, 2.45) is 7.05 Å². The van der Waals surface area contributed by atoms with Crippen LogP contribution in [0.5, 0.6) is 0 Å². The van der Waals surface area contributed by atoms with Crippen LogP contribution in [0.15, 0.2) is 41.3 Å². The second-order valence-corrected chi connectivity index (χ2v) is 5.95. The standard InChI is InChI=1S/C15H13N3O2S/c1-9-8-16-15(21-9)17-13(19)12-7-10-5-3-4-6-11(10)14(20)18(12)2/h3-8H,1-2H3,(H,16,17,19). The molecule has 0 fully saturated rings. The van der Waals surface area contributed by atoms with Crippen molar-refractivity contribution < 1.29 is 4.79 Å². The van der Waals surface area contributed by atoms with E-state index in [-0.39, 0.29) is 11.5 Å². The molecule has 0 aliphatic heterocycles. The molecular weight excluding hydrogens is 286 g/mol. The van der Waals surface area contributed by atoms with E-state index in [4.69, 9.17) is 0 Å². The molecule has 0 aliphatic carbocycles. The van der Waals surface area contributed by atoms with E-state index in [9.17, 15) is 9.59 Å². The van der Waals surface area contributed by atoms with Crippen LogP contribution in [0.4, 0.5) is 5.13 Å². The first kappa shape index (κ1) is 13.5. The first-order chi connectivity index (χ1) is 10.1. The average molecular weight is 299 g/mol. The van der Waals surface area contributed by atoms with E-state index in [1.54, 1.807) is 25.4 Å². The summed E-state index contributed by atoms with van der Waals surface area (Å²) < 4.78 is 1.36. The number of carbonyl (C=O) groups is 1. The van der Waals surface area contributed by atoms with Gasteiger partial charge in [-0.2, -0.15) is 0 Å². The molecule has 21 heavy (non-hydrogen) atoms. The summed E-state index contributed by atoms with van der Waals surface area (Å²) in [5, 5.41) is 4.60. The number of pyridine rings is 1. The number of nitrogens with zero attached hydrogens (tertiary/aromatic N) is 2. The molecule has 3 aromatic rings. The maximum atomic E-state index is 12.3. The predicted molar refractivity (Wildman–Crippen MR) is 84.0 cm³/mol. The molecule has 1 amide bonds. The van der Waals surface area contributed by atoms with E-state index in [1.807, 2.05) is 25.1 Å². The minimum atomic E-state index is -0.338. The average Bonchev–Trinajstić information content (AvgIpc) is 2.88. The van der Waals surface area contributed by atoms with Crippen LogP contribution in [0, 0.1) is 6.92 Å². The Kier molecular flexibility index (Phi) is 3.31. The molecule has 1 N–H and O–H groups in total. The fourth-order valence-electron chi connectivity index (χ4n) is 2.14. The summed E-state index contributed by atoms with van der Waals surface area (Å²) >= 11 is 1.39. The summed E-state index contributed by atoms with van der Waals surface area (Å²) in [7, 11) is 1.59. The zero-order chi connectivity index (χ0) is 15.0. The maximum Gasteiger partial charge on any atom is 0.274 e. The Bertz CT molecular complexity index is 895. The van der Waals surface area contributed by atoms with Gasteiger partial charge in [-0.15, -0.1) is 11.3 Å². The molecule has 0 aliphatic rings. The van der Waals surface area contributed by atoms with Crippen molar-refractivity contribution >= 4 is 33.1 Å². The highest BCUT2D eigenvalue weighted by atomic mass is 32.1. The third-order valence-electron chi connectivity index (χ3n) is 3.22. The topological polar surface area (TPSA) is 64.0 Å². The highest BCUT2D eigenvalue weighted by Crippen LogP contribution is 2.18. The zero-order valence-corrected chi connectivity index (χ0v) is 12.4. The van der Waals surface area contributed by atoms with Gasteiger partial charge in [0.2, 0.25) is 0 Å². The predicted octanol–water partition coefficient (Wildman–Crippen LogP) is 2.56. The molecule has 0 bridgehead atoms. The molecule has 0 radical (unpaired) electrons. The van der Waals surface area contributed by atoms with Gasteiger partial charge in [-0.05, 0) is 24.4 Å². The summed E-state index contributed by atoms with van der Waals surface area (Å²) in [6.45, 7) is 1.92. The SMILES string of the molecule is Cc1cnc(NC(=O)c2cc3ccccc3c(=O)n2C)s1. The molecule has 0 saturated heterocycles. The lowest BCUT2D eigenvalue weighted by Crippen LogP contribution is -2.26. The van der Waals surface area contributed by atoms with Gasteiger partial charge >= 0.3 is 0 Å². The lowest BCUT2D eigenvalue weighted by Gasteiger charge is -2.09. The minimum Gasteiger partial charge on any atom is -0.307 e. The highest BCUT2D eigenvalue weighted by molar-refractivity contribution is 7.15. The molecule has 2 aromatic heterocycles. The van der Waals surface area contributed by atoms with Gasteiger partial charge in [0.15, 0.2) is 5.13 Å². The number of hydrogen-bond acceptors (Lipinski definition) is 4. The fourth-order valence-corrected chi connectivity index (χ4v) is 2.80. The second-order valence-electron chi connectivity index (χ2n) is 4.71. The minimum absolute atomic E-state index is 0.187. The van der Waals surface area contributed by atoms with Gasteiger partial charge in [-0.1, -0.05) is 18.2 Å². The molecule has 0 spiro atoms. The Labute approximate surface area is 124 Å². The van der Waals surface area contributed by atoms with E-state index in [0.29, 0.717) is 16.2 Å². The summed E-state index contributed by atoms with van der Waals surface area (Å²) in [5.74, 6) is -0.338. The first-order valence-electron chi connectivity index (χ1n) is 6.39. The van der Waals surface area contributed by atoms with Gasteiger partial charge in [0.1, 0.15) is 5.69 Å². The number of carbonyl (C=O) groups excluding carboxylic acids is 1. The smallest absolute Gasteiger partial charge is 0.274 e. The number of benzene rings is 1. The monoisotopic (exact) mass is 299 g/mol. The van der Waals surface area contributed by atoms with Gasteiger partial charge in [-0.25, -0.2) is 4.98 Å². The van der Waals surface area contributed by atoms with Crippen LogP contribution in [0.25, 0.3) is 10.8 Å². The molecule has 2 heterocycles. The van der Waals surface area contributed by atoms with E-state index in [1.165, 1.54) is 15.9 Å². The maximum absolute atomic E-state index is 12.3. The molecule has 0 saturated carbocycles. The van der Waals surface area contributed by atoms with Gasteiger partial charge in [0.05, 0.1) is 0 Å². The quantitative estimate of drug-likeness (QED) is 0.791. The van der Waals surface area contributed by atoms with Crippen molar-refractivity contribution in [2.75, 3.05) is 5.32 Å². The van der Waals surface area contributed by atoms with E-state index in [0.717, 1.165) is 10.3 Å². The molecule has 0 atom stereocenters. The molecule has 1 aromatic carbocycles. The number of aryl methyl sites for hydroxylation is 1. The lowest BCUT2D eigenvalue weighted by atomic mass is 10.1. The number of rotatable bonds is 2. The number of anilines is 1. The Morgan fingerprint density at radius 2 is 2.10 bits per heavy atom. The van der Waals surface area contributed by atoms with E-state index < -0.39 is 0 Å². The normalized spacial score (nSPS) is 10.8. The number of nitrogens with one attached hydrogen (secondary N) is 1. The molecular formula is C15H13N3O2S. The van der Waals surface area contributed by atoms with Crippen LogP contribution in [0.2, 0.25) is 0 Å². The molecule has 0 unspecified atom stereocenters. The van der Waals surface area contributed by atoms with Gasteiger partial charge in [-0.3, -0.25) is 14.9 Å². The van der Waals surface area contributed by atoms with Crippen molar-refractivity contribution in [3.63, 3.8) is 0 Å². The summed E-state index contributed by atoms with van der Waals surface area (Å²) in [6, 6.07) is 8.94. The second kappa shape index (κ2) is 5.14. The number of hydrogen-bond donors (Lipinski definition) is 1. The lowest BCUT2D eigenvalue weighted by molar-refractivity contribution is 0.101. The summed E-state index contributed by atoms with van der Waals surface area (Å²) in [6.07, 6.45) is 1.69. The fraction of sp³-hybridized carbons (Fsp3) is 0.133. The van der Waals surface area contributed by atoms with E-state index in [2.05, 4.69) is 10.3 Å². The number of aromatic nitrogens is 2. The van der Waals surface area contributed by atoms with Crippen LogP contribution in [-0.2, 0) is 7.05 Å². The Morgan fingerprint density at radius 3 is 2.81 bits per heavy atom. The van der Waals surface area contributed by atoms with Gasteiger partial charge in [0, 0.05) is 23.5 Å². The van der Waals surface area contributed by atoms with Crippen LogP contribution in [0.1, 0.15) is 15.4 Å². The molecule has 106 valence electrons. The van der Waals surface area contributed by atoms with Gasteiger partial charge in [0.25, 0.3) is 11.5 Å². The van der Waals surface area contributed by atoms with Crippen molar-refractivity contribution in [2.45, 2.75) is 6.92 Å². The van der Waals surface area contributed by atoms with Crippen molar-refractivity contribution in [1.82, 2.24) is 9.55 Å². The summed E-state index contributed by atoms with van der Waals surface area (Å²) in [4.78, 5) is 29.7. The van der Waals surface area contributed by atoms with Crippen LogP contribution in [0.3, 0.4) is 0 Å². The summed E-state index contributed by atoms with van der Waals surface area (Å²) in [5.41, 5.74) is 0.125. The van der Waals surface area contributed by atoms with Crippen molar-refractivity contribution in [3.8, 4) is 0 Å². The Balaban J connectivity index is 2.05. The van der Waals surface area contributed by atoms with Crippen molar-refractivity contribution in [3.05, 3.63) is 57.5 Å². The van der Waals surface area contributed by atoms with Gasteiger partial charge < -0.3 is 4.57 Å². The Hall–Kier alpha value is -2.47. The third-order valence-corrected chi connectivity index (χ3v) is 4.05. The third kappa shape index (κ3) is 2.45. The Morgan fingerprint density at radius 1 is 1.33 bits per heavy atom. The van der Waals surface area contributed by atoms with Crippen LogP contribution >= 0.6 is 11.3 Å². The first-order valence-corrected chi connectivity index (χ1v) is 7.20. The number of amides is 1. The molecule has 3 rings (SSSR count). The number of thiazole rings is 1. The van der Waals surface area contributed by atoms with E-state index >= 15 is 0 Å². The van der Waals surface area contributed by atoms with Crippen molar-refractivity contribution in [1.29, 1.82) is 0 Å². The largest absolute Gasteiger partial charge is 0.307 e.